The second-order valence-electron chi connectivity index (χ2n) is 4.33. The van der Waals surface area contributed by atoms with Gasteiger partial charge in [0.05, 0.1) is 11.4 Å². The second-order valence-corrected chi connectivity index (χ2v) is 4.33. The maximum Gasteiger partial charge on any atom is 0.262 e. The number of nitrogens with one attached hydrogen (secondary N) is 1. The number of ether oxygens (including phenoxy) is 1. The summed E-state index contributed by atoms with van der Waals surface area (Å²) in [4.78, 5) is 11.7. The standard InChI is InChI=1S/C15H15FN2O2/c1-10-4-2-3-5-14(10)20-9-15(19)18-13-7-6-11(16)8-12(13)17/h2-8H,9,17H2,1H3,(H,18,19). The summed E-state index contributed by atoms with van der Waals surface area (Å²) in [6, 6.07) is 11.2. The first-order valence-electron chi connectivity index (χ1n) is 6.09. The molecule has 20 heavy (non-hydrogen) atoms. The topological polar surface area (TPSA) is 64.3 Å². The highest BCUT2D eigenvalue weighted by atomic mass is 19.1. The molecule has 0 fully saturated rings. The summed E-state index contributed by atoms with van der Waals surface area (Å²) in [5, 5.41) is 2.57. The van der Waals surface area contributed by atoms with Crippen LogP contribution in [0.3, 0.4) is 0 Å². The van der Waals surface area contributed by atoms with Crippen molar-refractivity contribution >= 4 is 17.3 Å². The average molecular weight is 274 g/mol. The molecule has 0 heterocycles. The van der Waals surface area contributed by atoms with Crippen molar-refractivity contribution in [3.63, 3.8) is 0 Å². The Morgan fingerprint density at radius 3 is 2.75 bits per heavy atom. The zero-order valence-electron chi connectivity index (χ0n) is 11.0. The van der Waals surface area contributed by atoms with Crippen LogP contribution in [0.2, 0.25) is 0 Å². The number of aryl methyl sites for hydroxylation is 1. The highest BCUT2D eigenvalue weighted by Crippen LogP contribution is 2.19. The molecule has 0 saturated carbocycles. The largest absolute Gasteiger partial charge is 0.483 e. The van der Waals surface area contributed by atoms with Gasteiger partial charge in [0.1, 0.15) is 11.6 Å². The van der Waals surface area contributed by atoms with E-state index in [2.05, 4.69) is 5.32 Å². The lowest BCUT2D eigenvalue weighted by Crippen LogP contribution is -2.21. The molecule has 0 saturated heterocycles. The molecule has 1 amide bonds. The summed E-state index contributed by atoms with van der Waals surface area (Å²) in [7, 11) is 0. The Morgan fingerprint density at radius 1 is 1.30 bits per heavy atom. The summed E-state index contributed by atoms with van der Waals surface area (Å²) < 4.78 is 18.3. The van der Waals surface area contributed by atoms with Crippen LogP contribution in [-0.4, -0.2) is 12.5 Å². The number of nitrogen functional groups attached to an aromatic ring is 1. The minimum atomic E-state index is -0.448. The van der Waals surface area contributed by atoms with Crippen LogP contribution in [0.15, 0.2) is 42.5 Å². The number of anilines is 2. The highest BCUT2D eigenvalue weighted by Gasteiger charge is 2.07. The number of rotatable bonds is 4. The van der Waals surface area contributed by atoms with Crippen molar-refractivity contribution in [2.24, 2.45) is 0 Å². The number of benzene rings is 2. The van der Waals surface area contributed by atoms with Gasteiger partial charge in [0.2, 0.25) is 0 Å². The van der Waals surface area contributed by atoms with Crippen molar-refractivity contribution in [1.29, 1.82) is 0 Å². The normalized spacial score (nSPS) is 10.1. The number of hydrogen-bond donors (Lipinski definition) is 2. The third-order valence-corrected chi connectivity index (χ3v) is 2.74. The van der Waals surface area contributed by atoms with Gasteiger partial charge in [-0.05, 0) is 36.8 Å². The van der Waals surface area contributed by atoms with Gasteiger partial charge in [-0.2, -0.15) is 0 Å². The van der Waals surface area contributed by atoms with Crippen molar-refractivity contribution in [1.82, 2.24) is 0 Å². The Kier molecular flexibility index (Phi) is 4.20. The van der Waals surface area contributed by atoms with Crippen LogP contribution >= 0.6 is 0 Å². The molecule has 0 aliphatic heterocycles. The van der Waals surface area contributed by atoms with Gasteiger partial charge in [-0.25, -0.2) is 4.39 Å². The Bertz CT molecular complexity index is 629. The summed E-state index contributed by atoms with van der Waals surface area (Å²) in [5.41, 5.74) is 7.09. The fourth-order valence-electron chi connectivity index (χ4n) is 1.70. The molecule has 0 spiro atoms. The number of hydrogen-bond acceptors (Lipinski definition) is 3. The molecule has 0 aromatic heterocycles. The van der Waals surface area contributed by atoms with Crippen molar-refractivity contribution in [2.45, 2.75) is 6.92 Å². The summed E-state index contributed by atoms with van der Waals surface area (Å²) in [6.07, 6.45) is 0. The first-order valence-corrected chi connectivity index (χ1v) is 6.09. The van der Waals surface area contributed by atoms with Crippen molar-refractivity contribution in [3.05, 3.63) is 53.8 Å². The van der Waals surface area contributed by atoms with Crippen LogP contribution in [0.25, 0.3) is 0 Å². The molecule has 5 heteroatoms. The van der Waals surface area contributed by atoms with Crippen molar-refractivity contribution < 1.29 is 13.9 Å². The van der Waals surface area contributed by atoms with Crippen LogP contribution in [-0.2, 0) is 4.79 Å². The molecule has 4 nitrogen and oxygen atoms in total. The van der Waals surface area contributed by atoms with E-state index in [0.29, 0.717) is 11.4 Å². The predicted molar refractivity (Wildman–Crippen MR) is 76.1 cm³/mol. The molecule has 2 aromatic rings. The molecule has 0 aliphatic carbocycles. The number of carbonyl (C=O) groups excluding carboxylic acids is 1. The lowest BCUT2D eigenvalue weighted by atomic mass is 10.2. The van der Waals surface area contributed by atoms with E-state index in [1.165, 1.54) is 12.1 Å². The molecule has 0 atom stereocenters. The van der Waals surface area contributed by atoms with E-state index in [9.17, 15) is 9.18 Å². The van der Waals surface area contributed by atoms with Gasteiger partial charge in [-0.3, -0.25) is 4.79 Å². The SMILES string of the molecule is Cc1ccccc1OCC(=O)Nc1ccc(F)cc1N. The minimum absolute atomic E-state index is 0.137. The van der Waals surface area contributed by atoms with Crippen LogP contribution in [0, 0.1) is 12.7 Å². The Labute approximate surface area is 116 Å². The molecule has 2 aromatic carbocycles. The van der Waals surface area contributed by atoms with Crippen LogP contribution in [0.5, 0.6) is 5.75 Å². The fourth-order valence-corrected chi connectivity index (χ4v) is 1.70. The monoisotopic (exact) mass is 274 g/mol. The molecule has 0 aliphatic rings. The van der Waals surface area contributed by atoms with E-state index in [1.807, 2.05) is 25.1 Å². The van der Waals surface area contributed by atoms with Gasteiger partial charge in [0, 0.05) is 0 Å². The maximum atomic E-state index is 12.9. The van der Waals surface area contributed by atoms with E-state index in [-0.39, 0.29) is 18.2 Å². The number of para-hydroxylation sites is 1. The smallest absolute Gasteiger partial charge is 0.262 e. The zero-order valence-corrected chi connectivity index (χ0v) is 11.0. The highest BCUT2D eigenvalue weighted by molar-refractivity contribution is 5.94. The van der Waals surface area contributed by atoms with Crippen LogP contribution < -0.4 is 15.8 Å². The van der Waals surface area contributed by atoms with Crippen molar-refractivity contribution in [2.75, 3.05) is 17.7 Å². The average Bonchev–Trinajstić information content (AvgIpc) is 2.41. The van der Waals surface area contributed by atoms with Gasteiger partial charge in [-0.1, -0.05) is 18.2 Å². The Balaban J connectivity index is 1.94. The molecule has 0 unspecified atom stereocenters. The van der Waals surface area contributed by atoms with Gasteiger partial charge < -0.3 is 15.8 Å². The number of amides is 1. The molecular weight excluding hydrogens is 259 g/mol. The zero-order chi connectivity index (χ0) is 14.5. The minimum Gasteiger partial charge on any atom is -0.483 e. The quantitative estimate of drug-likeness (QED) is 0.842. The summed E-state index contributed by atoms with van der Waals surface area (Å²) >= 11 is 0. The van der Waals surface area contributed by atoms with Crippen molar-refractivity contribution in [3.8, 4) is 5.75 Å². The number of carbonyl (C=O) groups is 1. The van der Waals surface area contributed by atoms with Gasteiger partial charge in [0.25, 0.3) is 5.91 Å². The predicted octanol–water partition coefficient (Wildman–Crippen LogP) is 2.73. The van der Waals surface area contributed by atoms with E-state index < -0.39 is 5.82 Å². The molecule has 0 radical (unpaired) electrons. The van der Waals surface area contributed by atoms with E-state index in [4.69, 9.17) is 10.5 Å². The maximum absolute atomic E-state index is 12.9. The first-order chi connectivity index (χ1) is 9.56. The fraction of sp³-hybridized carbons (Fsp3) is 0.133. The summed E-state index contributed by atoms with van der Waals surface area (Å²) in [6.45, 7) is 1.76. The third kappa shape index (κ3) is 3.47. The lowest BCUT2D eigenvalue weighted by molar-refractivity contribution is -0.118. The Morgan fingerprint density at radius 2 is 2.05 bits per heavy atom. The molecule has 104 valence electrons. The molecule has 3 N–H and O–H groups in total. The number of nitrogens with two attached hydrogens (primary N) is 1. The second kappa shape index (κ2) is 6.06. The lowest BCUT2D eigenvalue weighted by Gasteiger charge is -2.10. The first kappa shape index (κ1) is 13.9. The van der Waals surface area contributed by atoms with Gasteiger partial charge in [0.15, 0.2) is 6.61 Å². The van der Waals surface area contributed by atoms with Crippen LogP contribution in [0.4, 0.5) is 15.8 Å². The molecular formula is C15H15FN2O2. The van der Waals surface area contributed by atoms with E-state index >= 15 is 0 Å². The number of halogens is 1. The molecule has 2 rings (SSSR count). The van der Waals surface area contributed by atoms with Gasteiger partial charge >= 0.3 is 0 Å². The van der Waals surface area contributed by atoms with Gasteiger partial charge in [-0.15, -0.1) is 0 Å². The van der Waals surface area contributed by atoms with E-state index in [1.54, 1.807) is 6.07 Å². The Hall–Kier alpha value is -2.56. The molecule has 0 bridgehead atoms. The third-order valence-electron chi connectivity index (χ3n) is 2.74. The van der Waals surface area contributed by atoms with Crippen LogP contribution in [0.1, 0.15) is 5.56 Å². The summed E-state index contributed by atoms with van der Waals surface area (Å²) in [5.74, 6) is -0.155. The van der Waals surface area contributed by atoms with E-state index in [0.717, 1.165) is 11.6 Å².